The molecule has 2 amide bonds. The van der Waals surface area contributed by atoms with Crippen LogP contribution in [0.1, 0.15) is 19.0 Å². The van der Waals surface area contributed by atoms with Crippen molar-refractivity contribution in [3.8, 4) is 0 Å². The number of nitrogens with zero attached hydrogens (tertiary/aromatic N) is 6. The topological polar surface area (TPSA) is 218 Å². The molecule has 1 fully saturated rings. The Kier molecular flexibility index (Phi) is 9.56. The Bertz CT molecular complexity index is 1740. The molecule has 5 heterocycles. The van der Waals surface area contributed by atoms with E-state index in [1.807, 2.05) is 34.5 Å². The number of aryl methyl sites for hydroxylation is 1. The lowest BCUT2D eigenvalue weighted by atomic mass is 10.0. The summed E-state index contributed by atoms with van der Waals surface area (Å²) in [5.74, 6) is -3.92. The number of β-lactam (4-membered cyclic amide) rings is 1. The average molecular weight is 679 g/mol. The van der Waals surface area contributed by atoms with Crippen molar-refractivity contribution in [2.75, 3.05) is 25.1 Å². The quantitative estimate of drug-likeness (QED) is 0.0541. The number of hydrogen-bond acceptors (Lipinski definition) is 12. The number of carbonyl (C=O) groups excluding carboxylic acids is 2. The van der Waals surface area contributed by atoms with Crippen LogP contribution in [0.25, 0.3) is 11.2 Å². The maximum Gasteiger partial charge on any atom is 0.352 e. The summed E-state index contributed by atoms with van der Waals surface area (Å²) >= 11 is 8.32. The number of thioether (sulfide) groups is 1. The molecule has 2 aliphatic rings. The molecular formula is C26H29ClN9O7S2+. The Morgan fingerprint density at radius 2 is 2.13 bits per heavy atom. The molecule has 1 saturated heterocycles. The van der Waals surface area contributed by atoms with Crippen molar-refractivity contribution < 1.29 is 38.8 Å². The molecule has 0 saturated carbocycles. The molecule has 5 rings (SSSR count). The van der Waals surface area contributed by atoms with Crippen molar-refractivity contribution in [3.05, 3.63) is 46.0 Å². The Balaban J connectivity index is 1.36. The SMILES string of the molecule is CNCCCn1cnc2c1ccc[n+]2CC1=C(C(=O)O)N2C(=O)[C@@H](NC(=O)C(=NO[C@@H](C)C(=O)O)c3nc(N)sc3Cl)C2SC1. The predicted molar refractivity (Wildman–Crippen MR) is 164 cm³/mol. The van der Waals surface area contributed by atoms with Gasteiger partial charge in [-0.15, -0.1) is 11.8 Å². The third-order valence-electron chi connectivity index (χ3n) is 7.07. The second-order valence-electron chi connectivity index (χ2n) is 10.1. The highest BCUT2D eigenvalue weighted by Crippen LogP contribution is 2.40. The van der Waals surface area contributed by atoms with Crippen LogP contribution in [0.3, 0.4) is 0 Å². The smallest absolute Gasteiger partial charge is 0.352 e. The Morgan fingerprint density at radius 1 is 1.36 bits per heavy atom. The van der Waals surface area contributed by atoms with Crippen molar-refractivity contribution in [2.24, 2.45) is 5.16 Å². The minimum atomic E-state index is -1.41. The zero-order valence-electron chi connectivity index (χ0n) is 24.0. The average Bonchev–Trinajstić information content (AvgIpc) is 3.57. The predicted octanol–water partition coefficient (Wildman–Crippen LogP) is 0.258. The van der Waals surface area contributed by atoms with Crippen molar-refractivity contribution in [3.63, 3.8) is 0 Å². The number of aliphatic carboxylic acids is 2. The van der Waals surface area contributed by atoms with Gasteiger partial charge in [0, 0.05) is 17.9 Å². The molecule has 0 spiro atoms. The van der Waals surface area contributed by atoms with E-state index in [2.05, 4.69) is 25.8 Å². The van der Waals surface area contributed by atoms with Crippen molar-refractivity contribution in [1.82, 2.24) is 30.1 Å². The zero-order chi connectivity index (χ0) is 32.4. The van der Waals surface area contributed by atoms with E-state index in [4.69, 9.17) is 27.3 Å². The summed E-state index contributed by atoms with van der Waals surface area (Å²) in [4.78, 5) is 64.9. The molecule has 3 atom stereocenters. The molecule has 45 heavy (non-hydrogen) atoms. The molecule has 3 aromatic rings. The number of thiazole rings is 1. The van der Waals surface area contributed by atoms with Crippen LogP contribution in [0.15, 0.2) is 41.1 Å². The number of halogens is 1. The van der Waals surface area contributed by atoms with E-state index < -0.39 is 47.0 Å². The summed E-state index contributed by atoms with van der Waals surface area (Å²) in [5, 5.41) is 27.9. The molecule has 19 heteroatoms. The Morgan fingerprint density at radius 3 is 2.80 bits per heavy atom. The van der Waals surface area contributed by atoms with Gasteiger partial charge in [0.25, 0.3) is 11.8 Å². The first-order chi connectivity index (χ1) is 21.5. The number of carboxylic acid groups (broad SMARTS) is 2. The van der Waals surface area contributed by atoms with Gasteiger partial charge in [-0.1, -0.05) is 28.1 Å². The van der Waals surface area contributed by atoms with Crippen molar-refractivity contribution >= 4 is 80.5 Å². The fourth-order valence-corrected chi connectivity index (χ4v) is 7.13. The van der Waals surface area contributed by atoms with Crippen LogP contribution >= 0.6 is 34.7 Å². The van der Waals surface area contributed by atoms with E-state index in [0.29, 0.717) is 11.2 Å². The highest BCUT2D eigenvalue weighted by atomic mass is 35.5. The molecule has 2 aliphatic heterocycles. The van der Waals surface area contributed by atoms with Crippen LogP contribution in [0.2, 0.25) is 4.34 Å². The van der Waals surface area contributed by atoms with Gasteiger partial charge in [0.05, 0.1) is 6.20 Å². The minimum Gasteiger partial charge on any atom is -0.478 e. The van der Waals surface area contributed by atoms with E-state index in [1.165, 1.54) is 18.7 Å². The summed E-state index contributed by atoms with van der Waals surface area (Å²) in [6, 6.07) is 2.70. The number of carbonyl (C=O) groups is 4. The van der Waals surface area contributed by atoms with Crippen LogP contribution in [0, 0.1) is 0 Å². The number of anilines is 1. The number of amides is 2. The standard InChI is InChI=1S/C26H28ClN9O7S2/c1-12(24(39)40)43-33-16(15-19(27)45-26(28)32-15)21(37)31-17-22(38)36-18(25(41)42)13(10-44-23(17)36)9-34-7-3-5-14-20(34)30-11-35(14)8-4-6-29-2/h3,5,7,11-12,17,23,29H,4,6,8-10H2,1-2H3,(H4-,28,31,32,37,39,40,41,42)/p+1/t12-,17+,23?/m0/s1. The number of hydrogen-bond donors (Lipinski definition) is 5. The summed E-state index contributed by atoms with van der Waals surface area (Å²) in [7, 11) is 1.89. The molecule has 16 nitrogen and oxygen atoms in total. The van der Waals surface area contributed by atoms with E-state index >= 15 is 0 Å². The third-order valence-corrected chi connectivity index (χ3v) is 9.49. The second kappa shape index (κ2) is 13.4. The Labute approximate surface area is 268 Å². The molecule has 0 aromatic carbocycles. The monoisotopic (exact) mass is 678 g/mol. The van der Waals surface area contributed by atoms with Crippen LogP contribution in [0.4, 0.5) is 5.13 Å². The highest BCUT2D eigenvalue weighted by Gasteiger charge is 2.54. The van der Waals surface area contributed by atoms with Crippen molar-refractivity contribution in [1.29, 1.82) is 0 Å². The number of fused-ring (bicyclic) bond motifs is 2. The fourth-order valence-electron chi connectivity index (χ4n) is 4.87. The van der Waals surface area contributed by atoms with E-state index in [0.717, 1.165) is 41.3 Å². The van der Waals surface area contributed by atoms with Gasteiger partial charge < -0.3 is 36.0 Å². The molecule has 6 N–H and O–H groups in total. The lowest BCUT2D eigenvalue weighted by molar-refractivity contribution is -0.664. The van der Waals surface area contributed by atoms with Gasteiger partial charge in [0.15, 0.2) is 10.8 Å². The maximum atomic E-state index is 13.3. The number of oxime groups is 1. The molecule has 3 aromatic heterocycles. The first-order valence-corrected chi connectivity index (χ1v) is 15.8. The summed E-state index contributed by atoms with van der Waals surface area (Å²) in [6.07, 6.45) is 3.06. The summed E-state index contributed by atoms with van der Waals surface area (Å²) in [6.45, 7) is 3.00. The van der Waals surface area contributed by atoms with E-state index in [-0.39, 0.29) is 33.2 Å². The number of rotatable bonds is 13. The molecule has 1 unspecified atom stereocenters. The largest absolute Gasteiger partial charge is 0.478 e. The number of nitrogens with one attached hydrogen (secondary N) is 2. The summed E-state index contributed by atoms with van der Waals surface area (Å²) < 4.78 is 3.88. The zero-order valence-corrected chi connectivity index (χ0v) is 26.4. The lowest BCUT2D eigenvalue weighted by Gasteiger charge is -2.49. The fraction of sp³-hybridized carbons (Fsp3) is 0.385. The molecule has 0 aliphatic carbocycles. The van der Waals surface area contributed by atoms with Gasteiger partial charge in [-0.2, -0.15) is 0 Å². The van der Waals surface area contributed by atoms with Gasteiger partial charge in [-0.3, -0.25) is 14.5 Å². The van der Waals surface area contributed by atoms with E-state index in [1.54, 1.807) is 6.33 Å². The number of carboxylic acids is 2. The second-order valence-corrected chi connectivity index (χ2v) is 12.8. The number of imidazole rings is 1. The maximum absolute atomic E-state index is 13.3. The first kappa shape index (κ1) is 32.1. The van der Waals surface area contributed by atoms with Gasteiger partial charge >= 0.3 is 17.6 Å². The van der Waals surface area contributed by atoms with Crippen LogP contribution in [-0.4, -0.2) is 96.0 Å². The van der Waals surface area contributed by atoms with Crippen LogP contribution in [-0.2, 0) is 37.1 Å². The van der Waals surface area contributed by atoms with Crippen molar-refractivity contribution in [2.45, 2.75) is 44.0 Å². The first-order valence-electron chi connectivity index (χ1n) is 13.6. The number of nitrogens with two attached hydrogens (primary N) is 1. The van der Waals surface area contributed by atoms with Gasteiger partial charge in [-0.05, 0) is 44.1 Å². The summed E-state index contributed by atoms with van der Waals surface area (Å²) in [5.41, 5.74) is 6.99. The third kappa shape index (κ3) is 6.44. The lowest BCUT2D eigenvalue weighted by Crippen LogP contribution is -2.71. The van der Waals surface area contributed by atoms with Gasteiger partial charge in [0.2, 0.25) is 12.4 Å². The molecular weight excluding hydrogens is 650 g/mol. The normalized spacial score (nSPS) is 18.9. The molecule has 0 radical (unpaired) electrons. The van der Waals surface area contributed by atoms with Crippen LogP contribution in [0.5, 0.6) is 0 Å². The molecule has 0 bridgehead atoms. The molecule has 238 valence electrons. The van der Waals surface area contributed by atoms with E-state index in [9.17, 15) is 24.3 Å². The minimum absolute atomic E-state index is 0.00218. The Hall–Kier alpha value is -4.26. The number of aromatic nitrogens is 4. The number of pyridine rings is 1. The number of nitrogen functional groups attached to an aromatic ring is 1. The van der Waals surface area contributed by atoms with Crippen LogP contribution < -0.4 is 20.9 Å². The highest BCUT2D eigenvalue weighted by molar-refractivity contribution is 8.00. The van der Waals surface area contributed by atoms with Gasteiger partial charge in [0.1, 0.15) is 39.2 Å². The van der Waals surface area contributed by atoms with Gasteiger partial charge in [-0.25, -0.2) is 19.1 Å².